The van der Waals surface area contributed by atoms with Crippen molar-refractivity contribution in [2.45, 2.75) is 20.5 Å². The molecule has 4 amide bonds. The number of nitrogens with zero attached hydrogens (tertiary/aromatic N) is 1. The lowest BCUT2D eigenvalue weighted by molar-refractivity contribution is -0.122. The van der Waals surface area contributed by atoms with Crippen molar-refractivity contribution < 1.29 is 19.1 Å². The van der Waals surface area contributed by atoms with Gasteiger partial charge in [-0.1, -0.05) is 45.7 Å². The zero-order valence-electron chi connectivity index (χ0n) is 18.4. The number of carbonyl (C=O) groups excluding carboxylic acids is 3. The first-order chi connectivity index (χ1) is 16.2. The van der Waals surface area contributed by atoms with Gasteiger partial charge in [0.2, 0.25) is 0 Å². The molecule has 8 heteroatoms. The number of barbiturate groups is 1. The Morgan fingerprint density at radius 2 is 1.71 bits per heavy atom. The first-order valence-corrected chi connectivity index (χ1v) is 11.6. The molecule has 172 valence electrons. The Hall–Kier alpha value is -3.42. The zero-order chi connectivity index (χ0) is 24.4. The van der Waals surface area contributed by atoms with Crippen LogP contribution in [0.25, 0.3) is 6.08 Å². The van der Waals surface area contributed by atoms with E-state index in [0.717, 1.165) is 26.1 Å². The van der Waals surface area contributed by atoms with Gasteiger partial charge in [-0.2, -0.15) is 0 Å². The van der Waals surface area contributed by atoms with Crippen LogP contribution in [0, 0.1) is 13.8 Å². The van der Waals surface area contributed by atoms with Crippen molar-refractivity contribution in [3.05, 3.63) is 98.0 Å². The van der Waals surface area contributed by atoms with Crippen LogP contribution in [0.4, 0.5) is 10.5 Å². The van der Waals surface area contributed by atoms with Crippen molar-refractivity contribution in [3.63, 3.8) is 0 Å². The number of hydrogen-bond donors (Lipinski definition) is 1. The third-order valence-electron chi connectivity index (χ3n) is 5.43. The van der Waals surface area contributed by atoms with Gasteiger partial charge in [-0.05, 0) is 79.1 Å². The number of hydrogen-bond acceptors (Lipinski definition) is 4. The Labute approximate surface area is 210 Å². The number of rotatable bonds is 5. The molecule has 0 aromatic heterocycles. The molecular weight excluding hydrogens is 520 g/mol. The lowest BCUT2D eigenvalue weighted by Gasteiger charge is -2.27. The van der Waals surface area contributed by atoms with Gasteiger partial charge in [-0.25, -0.2) is 9.69 Å². The number of aryl methyl sites for hydroxylation is 2. The maximum atomic E-state index is 13.3. The van der Waals surface area contributed by atoms with Crippen molar-refractivity contribution in [2.75, 3.05) is 4.90 Å². The van der Waals surface area contributed by atoms with Gasteiger partial charge in [0.15, 0.2) is 0 Å². The number of anilines is 1. The van der Waals surface area contributed by atoms with Crippen LogP contribution in [0.3, 0.4) is 0 Å². The molecule has 1 fully saturated rings. The molecule has 1 aliphatic rings. The van der Waals surface area contributed by atoms with E-state index < -0.39 is 17.8 Å². The SMILES string of the molecule is Cc1ccc(N2C(=O)NC(=O)/C(=C\c3cc(Br)ccc3OCc3ccc(Cl)cc3)C2=O)cc1C. The zero-order valence-corrected chi connectivity index (χ0v) is 20.7. The summed E-state index contributed by atoms with van der Waals surface area (Å²) in [5.74, 6) is -1.000. The van der Waals surface area contributed by atoms with E-state index in [0.29, 0.717) is 22.0 Å². The highest BCUT2D eigenvalue weighted by Gasteiger charge is 2.37. The van der Waals surface area contributed by atoms with E-state index in [1.807, 2.05) is 32.0 Å². The van der Waals surface area contributed by atoms with Crippen molar-refractivity contribution in [2.24, 2.45) is 0 Å². The second-order valence-electron chi connectivity index (χ2n) is 7.82. The molecule has 6 nitrogen and oxygen atoms in total. The Bertz CT molecular complexity index is 1340. The highest BCUT2D eigenvalue weighted by Crippen LogP contribution is 2.29. The minimum Gasteiger partial charge on any atom is -0.488 e. The number of halogens is 2. The Morgan fingerprint density at radius 3 is 2.41 bits per heavy atom. The summed E-state index contributed by atoms with van der Waals surface area (Å²) < 4.78 is 6.70. The average Bonchev–Trinajstić information content (AvgIpc) is 2.79. The van der Waals surface area contributed by atoms with Gasteiger partial charge in [-0.15, -0.1) is 0 Å². The highest BCUT2D eigenvalue weighted by molar-refractivity contribution is 9.10. The number of imide groups is 2. The minimum atomic E-state index is -0.788. The predicted octanol–water partition coefficient (Wildman–Crippen LogP) is 5.96. The van der Waals surface area contributed by atoms with Gasteiger partial charge in [0.1, 0.15) is 17.9 Å². The summed E-state index contributed by atoms with van der Waals surface area (Å²) in [6.07, 6.45) is 1.43. The fourth-order valence-corrected chi connectivity index (χ4v) is 3.92. The van der Waals surface area contributed by atoms with Crippen molar-refractivity contribution in [3.8, 4) is 5.75 Å². The number of benzene rings is 3. The fraction of sp³-hybridized carbons (Fsp3) is 0.115. The quantitative estimate of drug-likeness (QED) is 0.320. The van der Waals surface area contributed by atoms with E-state index in [2.05, 4.69) is 21.2 Å². The van der Waals surface area contributed by atoms with Crippen LogP contribution in [-0.2, 0) is 16.2 Å². The molecular formula is C26H20BrClN2O4. The van der Waals surface area contributed by atoms with Gasteiger partial charge in [-0.3, -0.25) is 14.9 Å². The van der Waals surface area contributed by atoms with E-state index in [1.165, 1.54) is 6.08 Å². The molecule has 0 radical (unpaired) electrons. The lowest BCUT2D eigenvalue weighted by Crippen LogP contribution is -2.54. The summed E-state index contributed by atoms with van der Waals surface area (Å²) in [7, 11) is 0. The molecule has 3 aromatic rings. The maximum Gasteiger partial charge on any atom is 0.335 e. The molecule has 1 saturated heterocycles. The topological polar surface area (TPSA) is 75.7 Å². The molecule has 1 aliphatic heterocycles. The van der Waals surface area contributed by atoms with Crippen molar-refractivity contribution in [1.29, 1.82) is 0 Å². The van der Waals surface area contributed by atoms with Gasteiger partial charge >= 0.3 is 6.03 Å². The normalized spacial score (nSPS) is 15.0. The molecule has 0 aliphatic carbocycles. The van der Waals surface area contributed by atoms with E-state index in [9.17, 15) is 14.4 Å². The second-order valence-corrected chi connectivity index (χ2v) is 9.18. The molecule has 34 heavy (non-hydrogen) atoms. The monoisotopic (exact) mass is 538 g/mol. The maximum absolute atomic E-state index is 13.3. The molecule has 1 N–H and O–H groups in total. The smallest absolute Gasteiger partial charge is 0.335 e. The van der Waals surface area contributed by atoms with Crippen LogP contribution in [0.5, 0.6) is 5.75 Å². The van der Waals surface area contributed by atoms with E-state index in [4.69, 9.17) is 16.3 Å². The molecule has 0 saturated carbocycles. The molecule has 0 spiro atoms. The molecule has 3 aromatic carbocycles. The molecule has 0 unspecified atom stereocenters. The fourth-order valence-electron chi connectivity index (χ4n) is 3.42. The predicted molar refractivity (Wildman–Crippen MR) is 135 cm³/mol. The number of urea groups is 1. The molecule has 0 atom stereocenters. The molecule has 1 heterocycles. The standard InChI is InChI=1S/C26H20BrClN2O4/c1-15-3-9-21(11-16(15)2)30-25(32)22(24(31)29-26(30)33)13-18-12-19(27)6-10-23(18)34-14-17-4-7-20(28)8-5-17/h3-13H,14H2,1-2H3,(H,29,31,33)/b22-13+. The van der Waals surface area contributed by atoms with E-state index in [-0.39, 0.29) is 12.2 Å². The number of carbonyl (C=O) groups is 3. The summed E-state index contributed by atoms with van der Waals surface area (Å²) in [6, 6.07) is 17.0. The summed E-state index contributed by atoms with van der Waals surface area (Å²) in [6.45, 7) is 4.09. The van der Waals surface area contributed by atoms with E-state index >= 15 is 0 Å². The van der Waals surface area contributed by atoms with Crippen LogP contribution in [0.1, 0.15) is 22.3 Å². The number of ether oxygens (including phenoxy) is 1. The van der Waals surface area contributed by atoms with Gasteiger partial charge in [0.05, 0.1) is 5.69 Å². The number of nitrogens with one attached hydrogen (secondary N) is 1. The van der Waals surface area contributed by atoms with Gasteiger partial charge < -0.3 is 4.74 Å². The average molecular weight is 540 g/mol. The molecule has 4 rings (SSSR count). The summed E-state index contributed by atoms with van der Waals surface area (Å²) in [4.78, 5) is 39.4. The van der Waals surface area contributed by atoms with Crippen LogP contribution >= 0.6 is 27.5 Å². The Balaban J connectivity index is 1.67. The van der Waals surface area contributed by atoms with Crippen molar-refractivity contribution in [1.82, 2.24) is 5.32 Å². The largest absolute Gasteiger partial charge is 0.488 e. The van der Waals surface area contributed by atoms with Crippen LogP contribution in [-0.4, -0.2) is 17.8 Å². The van der Waals surface area contributed by atoms with Crippen molar-refractivity contribution >= 4 is 57.1 Å². The van der Waals surface area contributed by atoms with Crippen LogP contribution in [0.15, 0.2) is 70.7 Å². The lowest BCUT2D eigenvalue weighted by atomic mass is 10.0. The summed E-state index contributed by atoms with van der Waals surface area (Å²) in [5.41, 5.74) is 3.58. The highest BCUT2D eigenvalue weighted by atomic mass is 79.9. The molecule has 0 bridgehead atoms. The second kappa shape index (κ2) is 9.83. The summed E-state index contributed by atoms with van der Waals surface area (Å²) >= 11 is 9.36. The van der Waals surface area contributed by atoms with E-state index in [1.54, 1.807) is 42.5 Å². The third kappa shape index (κ3) is 5.05. The van der Waals surface area contributed by atoms with Gasteiger partial charge in [0.25, 0.3) is 11.8 Å². The first-order valence-electron chi connectivity index (χ1n) is 10.4. The first kappa shape index (κ1) is 23.7. The van der Waals surface area contributed by atoms with Crippen LogP contribution < -0.4 is 15.0 Å². The summed E-state index contributed by atoms with van der Waals surface area (Å²) in [5, 5.41) is 2.88. The number of amides is 4. The van der Waals surface area contributed by atoms with Crippen LogP contribution in [0.2, 0.25) is 5.02 Å². The Morgan fingerprint density at radius 1 is 0.971 bits per heavy atom. The Kier molecular flexibility index (Phi) is 6.86. The minimum absolute atomic E-state index is 0.174. The third-order valence-corrected chi connectivity index (χ3v) is 6.17. The van der Waals surface area contributed by atoms with Gasteiger partial charge in [0, 0.05) is 15.1 Å².